The maximum Gasteiger partial charge on any atom is 0.309 e. The highest BCUT2D eigenvalue weighted by Crippen LogP contribution is 2.14. The van der Waals surface area contributed by atoms with Crippen LogP contribution in [0.25, 0.3) is 0 Å². The van der Waals surface area contributed by atoms with Gasteiger partial charge in [-0.05, 0) is 37.0 Å². The first-order chi connectivity index (χ1) is 11.1. The number of carbonyl (C=O) groups excluding carboxylic acids is 1. The van der Waals surface area contributed by atoms with Crippen LogP contribution in [0.3, 0.4) is 0 Å². The molecule has 0 fully saturated rings. The monoisotopic (exact) mass is 347 g/mol. The summed E-state index contributed by atoms with van der Waals surface area (Å²) in [4.78, 5) is 11.4. The van der Waals surface area contributed by atoms with E-state index in [1.165, 1.54) is 18.2 Å². The van der Waals surface area contributed by atoms with E-state index >= 15 is 0 Å². The highest BCUT2D eigenvalue weighted by atomic mass is 35.5. The lowest BCUT2D eigenvalue weighted by molar-refractivity contribution is -0.139. The van der Waals surface area contributed by atoms with Crippen molar-refractivity contribution in [2.75, 3.05) is 7.11 Å². The minimum atomic E-state index is -0.203. The van der Waals surface area contributed by atoms with Gasteiger partial charge < -0.3 is 10.1 Å². The van der Waals surface area contributed by atoms with Crippen molar-refractivity contribution in [1.29, 1.82) is 0 Å². The lowest BCUT2D eigenvalue weighted by atomic mass is 10.0. The van der Waals surface area contributed by atoms with E-state index < -0.39 is 0 Å². The molecule has 2 aromatic rings. The number of hydrogen-bond acceptors (Lipinski definition) is 3. The molecule has 24 heavy (non-hydrogen) atoms. The molecular formula is C20H26ClNO2. The molecule has 4 heteroatoms. The highest BCUT2D eigenvalue weighted by molar-refractivity contribution is 5.85. The Morgan fingerprint density at radius 3 is 2.38 bits per heavy atom. The minimum Gasteiger partial charge on any atom is -0.469 e. The van der Waals surface area contributed by atoms with Crippen LogP contribution in [0.2, 0.25) is 0 Å². The number of halogens is 1. The number of methoxy groups -OCH3 is 1. The fraction of sp³-hybridized carbons (Fsp3) is 0.350. The van der Waals surface area contributed by atoms with Gasteiger partial charge >= 0.3 is 5.97 Å². The van der Waals surface area contributed by atoms with Gasteiger partial charge in [-0.2, -0.15) is 0 Å². The molecule has 0 radical (unpaired) electrons. The average Bonchev–Trinajstić information content (AvgIpc) is 2.55. The van der Waals surface area contributed by atoms with Crippen molar-refractivity contribution >= 4 is 18.4 Å². The van der Waals surface area contributed by atoms with E-state index in [0.29, 0.717) is 18.5 Å². The van der Waals surface area contributed by atoms with Crippen LogP contribution >= 0.6 is 12.4 Å². The Bertz CT molecular complexity index is 631. The average molecular weight is 348 g/mol. The molecule has 3 nitrogen and oxygen atoms in total. The lowest BCUT2D eigenvalue weighted by Crippen LogP contribution is -2.30. The van der Waals surface area contributed by atoms with Gasteiger partial charge in [-0.1, -0.05) is 54.6 Å². The number of nitrogens with one attached hydrogen (secondary N) is 1. The third kappa shape index (κ3) is 6.34. The second-order valence-electron chi connectivity index (χ2n) is 5.98. The Morgan fingerprint density at radius 2 is 1.71 bits per heavy atom. The van der Waals surface area contributed by atoms with Gasteiger partial charge in [0.15, 0.2) is 0 Å². The molecular weight excluding hydrogens is 322 g/mol. The summed E-state index contributed by atoms with van der Waals surface area (Å²) in [6.07, 6.45) is 1.25. The van der Waals surface area contributed by atoms with E-state index in [9.17, 15) is 4.79 Å². The molecule has 2 aromatic carbocycles. The zero-order valence-electron chi connectivity index (χ0n) is 14.5. The first-order valence-electron chi connectivity index (χ1n) is 8.04. The summed E-state index contributed by atoms with van der Waals surface area (Å²) >= 11 is 0. The molecule has 0 spiro atoms. The summed E-state index contributed by atoms with van der Waals surface area (Å²) in [6, 6.07) is 19.3. The number of ether oxygens (including phenoxy) is 1. The van der Waals surface area contributed by atoms with E-state index in [1.807, 2.05) is 18.2 Å². The molecule has 0 amide bonds. The quantitative estimate of drug-likeness (QED) is 0.766. The van der Waals surface area contributed by atoms with Gasteiger partial charge in [0.2, 0.25) is 0 Å². The Labute approximate surface area is 150 Å². The molecule has 130 valence electrons. The fourth-order valence-corrected chi connectivity index (χ4v) is 2.78. The predicted molar refractivity (Wildman–Crippen MR) is 101 cm³/mol. The van der Waals surface area contributed by atoms with Gasteiger partial charge in [0.1, 0.15) is 0 Å². The number of benzene rings is 2. The minimum absolute atomic E-state index is 0. The van der Waals surface area contributed by atoms with Gasteiger partial charge in [0, 0.05) is 12.1 Å². The highest BCUT2D eigenvalue weighted by Gasteiger charge is 2.10. The number of esters is 1. The van der Waals surface area contributed by atoms with Crippen LogP contribution in [0.1, 0.15) is 36.6 Å². The number of rotatable bonds is 7. The van der Waals surface area contributed by atoms with Crippen molar-refractivity contribution in [3.8, 4) is 0 Å². The van der Waals surface area contributed by atoms with E-state index in [0.717, 1.165) is 12.0 Å². The number of hydrogen-bond donors (Lipinski definition) is 1. The maximum absolute atomic E-state index is 11.4. The zero-order valence-corrected chi connectivity index (χ0v) is 15.3. The maximum atomic E-state index is 11.4. The summed E-state index contributed by atoms with van der Waals surface area (Å²) < 4.78 is 4.73. The molecule has 0 aliphatic heterocycles. The van der Waals surface area contributed by atoms with Crippen molar-refractivity contribution in [3.05, 3.63) is 71.3 Å². The SMILES string of the molecule is COC(=O)Cc1cccc(C[C@@H](C)NC(C)c2ccccc2)c1.Cl. The van der Waals surface area contributed by atoms with Crippen LogP contribution in [0, 0.1) is 0 Å². The molecule has 0 aliphatic rings. The first-order valence-corrected chi connectivity index (χ1v) is 8.04. The van der Waals surface area contributed by atoms with Crippen LogP contribution in [0.5, 0.6) is 0 Å². The van der Waals surface area contributed by atoms with E-state index in [-0.39, 0.29) is 18.4 Å². The molecule has 1 unspecified atom stereocenters. The van der Waals surface area contributed by atoms with Crippen LogP contribution in [0.4, 0.5) is 0 Å². The van der Waals surface area contributed by atoms with Gasteiger partial charge in [0.25, 0.3) is 0 Å². The van der Waals surface area contributed by atoms with E-state index in [1.54, 1.807) is 0 Å². The summed E-state index contributed by atoms with van der Waals surface area (Å²) in [5.41, 5.74) is 3.52. The van der Waals surface area contributed by atoms with Crippen molar-refractivity contribution in [2.45, 2.75) is 38.8 Å². The van der Waals surface area contributed by atoms with Crippen LogP contribution in [-0.4, -0.2) is 19.1 Å². The third-order valence-electron chi connectivity index (χ3n) is 3.94. The van der Waals surface area contributed by atoms with Crippen molar-refractivity contribution in [2.24, 2.45) is 0 Å². The van der Waals surface area contributed by atoms with Crippen LogP contribution in [-0.2, 0) is 22.4 Å². The van der Waals surface area contributed by atoms with Crippen LogP contribution in [0.15, 0.2) is 54.6 Å². The summed E-state index contributed by atoms with van der Waals surface area (Å²) in [7, 11) is 1.42. The van der Waals surface area contributed by atoms with E-state index in [2.05, 4.69) is 55.6 Å². The van der Waals surface area contributed by atoms with Crippen LogP contribution < -0.4 is 5.32 Å². The smallest absolute Gasteiger partial charge is 0.309 e. The largest absolute Gasteiger partial charge is 0.469 e. The van der Waals surface area contributed by atoms with Crippen molar-refractivity contribution < 1.29 is 9.53 Å². The van der Waals surface area contributed by atoms with Crippen molar-refractivity contribution in [1.82, 2.24) is 5.32 Å². The Morgan fingerprint density at radius 1 is 1.04 bits per heavy atom. The predicted octanol–water partition coefficient (Wildman–Crippen LogP) is 4.11. The molecule has 2 atom stereocenters. The Kier molecular flexibility index (Phi) is 8.51. The molecule has 1 N–H and O–H groups in total. The van der Waals surface area contributed by atoms with Gasteiger partial charge in [-0.25, -0.2) is 0 Å². The standard InChI is InChI=1S/C20H25NO2.ClH/c1-15(21-16(2)19-10-5-4-6-11-19)12-17-8-7-9-18(13-17)14-20(22)23-3;/h4-11,13,15-16,21H,12,14H2,1-3H3;1H/t15-,16?;/m1./s1. The molecule has 0 aromatic heterocycles. The second-order valence-corrected chi connectivity index (χ2v) is 5.98. The van der Waals surface area contributed by atoms with Crippen molar-refractivity contribution in [3.63, 3.8) is 0 Å². The van der Waals surface area contributed by atoms with Gasteiger partial charge in [0.05, 0.1) is 13.5 Å². The molecule has 0 aliphatic carbocycles. The first kappa shape index (κ1) is 20.2. The fourth-order valence-electron chi connectivity index (χ4n) is 2.78. The lowest BCUT2D eigenvalue weighted by Gasteiger charge is -2.20. The number of carbonyl (C=O) groups is 1. The molecule has 2 rings (SSSR count). The van der Waals surface area contributed by atoms with E-state index in [4.69, 9.17) is 4.74 Å². The normalized spacial score (nSPS) is 12.8. The molecule has 0 heterocycles. The molecule has 0 saturated carbocycles. The van der Waals surface area contributed by atoms with Gasteiger partial charge in [-0.15, -0.1) is 12.4 Å². The molecule has 0 saturated heterocycles. The third-order valence-corrected chi connectivity index (χ3v) is 3.94. The summed E-state index contributed by atoms with van der Waals surface area (Å²) in [5.74, 6) is -0.203. The summed E-state index contributed by atoms with van der Waals surface area (Å²) in [5, 5.41) is 3.62. The molecule has 0 bridgehead atoms. The summed E-state index contributed by atoms with van der Waals surface area (Å²) in [6.45, 7) is 4.37. The second kappa shape index (κ2) is 10.1. The Hall–Kier alpha value is -1.84. The van der Waals surface area contributed by atoms with Gasteiger partial charge in [-0.3, -0.25) is 4.79 Å². The zero-order chi connectivity index (χ0) is 16.7. The Balaban J connectivity index is 0.00000288. The topological polar surface area (TPSA) is 38.3 Å².